The van der Waals surface area contributed by atoms with E-state index in [4.69, 9.17) is 13.9 Å². The van der Waals surface area contributed by atoms with E-state index in [1.807, 2.05) is 19.1 Å². The van der Waals surface area contributed by atoms with Crippen molar-refractivity contribution in [3.05, 3.63) is 35.8 Å². The molecule has 3 heterocycles. The van der Waals surface area contributed by atoms with Crippen LogP contribution in [0.15, 0.2) is 34.5 Å². The van der Waals surface area contributed by atoms with Crippen molar-refractivity contribution in [2.24, 2.45) is 22.7 Å². The number of hydrogen-bond acceptors (Lipinski definition) is 6. The zero-order chi connectivity index (χ0) is 18.3. The number of cyclic esters (lactones) is 2. The normalized spacial score (nSPS) is 46.7. The van der Waals surface area contributed by atoms with Gasteiger partial charge in [-0.05, 0) is 30.9 Å². The van der Waals surface area contributed by atoms with E-state index >= 15 is 0 Å². The summed E-state index contributed by atoms with van der Waals surface area (Å²) in [6.45, 7) is 4.27. The number of hydrogen-bond donors (Lipinski definition) is 1. The fraction of sp³-hybridized carbons (Fsp3) is 0.600. The summed E-state index contributed by atoms with van der Waals surface area (Å²) < 4.78 is 16.3. The zero-order valence-electron chi connectivity index (χ0n) is 14.9. The predicted octanol–water partition coefficient (Wildman–Crippen LogP) is 2.53. The first-order valence-corrected chi connectivity index (χ1v) is 9.15. The molecule has 3 fully saturated rings. The van der Waals surface area contributed by atoms with E-state index in [-0.39, 0.29) is 24.4 Å². The summed E-state index contributed by atoms with van der Waals surface area (Å²) in [5, 5.41) is 11.3. The standard InChI is InChI=1S/C20H22O6/c1-18-9-14(13-4-3-7-24-13)26-16(21)12(18)5-6-19(2)15(18)8-11-10-25-17(22)20(11,19)23/h3-5,7,11,14-15,23H,6,8-10H2,1-2H3/t11-,14-,15-,18+,19+,20-/m0/s1. The molecule has 1 aromatic heterocycles. The van der Waals surface area contributed by atoms with Gasteiger partial charge in [0.2, 0.25) is 0 Å². The highest BCUT2D eigenvalue weighted by atomic mass is 16.6. The van der Waals surface area contributed by atoms with Crippen molar-refractivity contribution in [3.63, 3.8) is 0 Å². The number of aliphatic hydroxyl groups is 1. The highest BCUT2D eigenvalue weighted by molar-refractivity contribution is 5.92. The van der Waals surface area contributed by atoms with Crippen molar-refractivity contribution < 1.29 is 28.6 Å². The molecular weight excluding hydrogens is 336 g/mol. The maximum atomic E-state index is 12.7. The van der Waals surface area contributed by atoms with E-state index in [1.54, 1.807) is 12.3 Å². The van der Waals surface area contributed by atoms with Crippen LogP contribution < -0.4 is 0 Å². The average Bonchev–Trinajstić information content (AvgIpc) is 3.26. The summed E-state index contributed by atoms with van der Waals surface area (Å²) in [5.41, 5.74) is -1.96. The summed E-state index contributed by atoms with van der Waals surface area (Å²) in [7, 11) is 0. The molecule has 138 valence electrons. The molecule has 0 spiro atoms. The van der Waals surface area contributed by atoms with Crippen molar-refractivity contribution in [1.29, 1.82) is 0 Å². The third kappa shape index (κ3) is 1.66. The quantitative estimate of drug-likeness (QED) is 0.777. The van der Waals surface area contributed by atoms with E-state index < -0.39 is 28.5 Å². The van der Waals surface area contributed by atoms with Crippen molar-refractivity contribution in [2.75, 3.05) is 6.61 Å². The first kappa shape index (κ1) is 16.1. The number of carbonyl (C=O) groups is 2. The van der Waals surface area contributed by atoms with E-state index in [0.717, 1.165) is 0 Å². The van der Waals surface area contributed by atoms with Gasteiger partial charge in [-0.25, -0.2) is 9.59 Å². The Morgan fingerprint density at radius 3 is 2.81 bits per heavy atom. The topological polar surface area (TPSA) is 86.0 Å². The highest BCUT2D eigenvalue weighted by Crippen LogP contribution is 2.69. The Morgan fingerprint density at radius 1 is 1.27 bits per heavy atom. The van der Waals surface area contributed by atoms with Crippen LogP contribution in [0, 0.1) is 22.7 Å². The summed E-state index contributed by atoms with van der Waals surface area (Å²) >= 11 is 0. The van der Waals surface area contributed by atoms with Crippen molar-refractivity contribution >= 4 is 11.9 Å². The third-order valence-corrected chi connectivity index (χ3v) is 7.53. The van der Waals surface area contributed by atoms with Crippen molar-refractivity contribution in [3.8, 4) is 0 Å². The lowest BCUT2D eigenvalue weighted by molar-refractivity contribution is -0.174. The van der Waals surface area contributed by atoms with Crippen LogP contribution in [0.5, 0.6) is 0 Å². The minimum absolute atomic E-state index is 0.0110. The molecule has 0 aromatic carbocycles. The molecule has 6 nitrogen and oxygen atoms in total. The van der Waals surface area contributed by atoms with Gasteiger partial charge in [0.1, 0.15) is 5.76 Å². The monoisotopic (exact) mass is 358 g/mol. The van der Waals surface area contributed by atoms with E-state index in [2.05, 4.69) is 6.92 Å². The molecule has 1 aromatic rings. The second kappa shape index (κ2) is 4.80. The third-order valence-electron chi connectivity index (χ3n) is 7.53. The van der Waals surface area contributed by atoms with Gasteiger partial charge in [0, 0.05) is 28.7 Å². The minimum Gasteiger partial charge on any atom is -0.465 e. The van der Waals surface area contributed by atoms with Gasteiger partial charge < -0.3 is 19.0 Å². The molecule has 2 aliphatic heterocycles. The van der Waals surface area contributed by atoms with Gasteiger partial charge in [0.25, 0.3) is 0 Å². The molecule has 2 aliphatic carbocycles. The van der Waals surface area contributed by atoms with Gasteiger partial charge in [-0.3, -0.25) is 0 Å². The second-order valence-corrected chi connectivity index (χ2v) is 8.62. The number of ether oxygens (including phenoxy) is 2. The van der Waals surface area contributed by atoms with Gasteiger partial charge in [-0.1, -0.05) is 19.9 Å². The van der Waals surface area contributed by atoms with Gasteiger partial charge in [0.15, 0.2) is 11.7 Å². The zero-order valence-corrected chi connectivity index (χ0v) is 14.9. The van der Waals surface area contributed by atoms with Crippen LogP contribution in [-0.4, -0.2) is 29.3 Å². The smallest absolute Gasteiger partial charge is 0.339 e. The first-order valence-electron chi connectivity index (χ1n) is 9.15. The largest absolute Gasteiger partial charge is 0.465 e. The molecule has 2 saturated heterocycles. The van der Waals surface area contributed by atoms with Gasteiger partial charge >= 0.3 is 11.9 Å². The van der Waals surface area contributed by atoms with Gasteiger partial charge in [-0.2, -0.15) is 0 Å². The maximum absolute atomic E-state index is 12.7. The maximum Gasteiger partial charge on any atom is 0.339 e. The van der Waals surface area contributed by atoms with Crippen molar-refractivity contribution in [1.82, 2.24) is 0 Å². The Morgan fingerprint density at radius 2 is 2.08 bits per heavy atom. The molecule has 6 heteroatoms. The van der Waals surface area contributed by atoms with Crippen LogP contribution in [0.25, 0.3) is 0 Å². The molecule has 4 aliphatic rings. The van der Waals surface area contributed by atoms with E-state index in [0.29, 0.717) is 30.6 Å². The lowest BCUT2D eigenvalue weighted by Crippen LogP contribution is -2.57. The number of esters is 2. The number of fused-ring (bicyclic) bond motifs is 5. The molecule has 0 amide bonds. The molecule has 1 saturated carbocycles. The number of allylic oxidation sites excluding steroid dienone is 1. The summed E-state index contributed by atoms with van der Waals surface area (Å²) in [6.07, 6.45) is 4.68. The summed E-state index contributed by atoms with van der Waals surface area (Å²) in [6, 6.07) is 3.59. The number of rotatable bonds is 1. The molecular formula is C20H22O6. The molecule has 0 unspecified atom stereocenters. The minimum atomic E-state index is -1.48. The Hall–Kier alpha value is -2.08. The summed E-state index contributed by atoms with van der Waals surface area (Å²) in [5.74, 6) is -0.456. The Bertz CT molecular complexity index is 825. The highest BCUT2D eigenvalue weighted by Gasteiger charge is 2.74. The molecule has 26 heavy (non-hydrogen) atoms. The first-order chi connectivity index (χ1) is 12.3. The van der Waals surface area contributed by atoms with Crippen LogP contribution in [0.2, 0.25) is 0 Å². The number of furan rings is 1. The number of carbonyl (C=O) groups excluding carboxylic acids is 2. The van der Waals surface area contributed by atoms with Gasteiger partial charge in [0.05, 0.1) is 12.9 Å². The fourth-order valence-corrected chi connectivity index (χ4v) is 6.14. The lowest BCUT2D eigenvalue weighted by Gasteiger charge is -2.53. The molecule has 0 bridgehead atoms. The van der Waals surface area contributed by atoms with E-state index in [1.165, 1.54) is 0 Å². The van der Waals surface area contributed by atoms with Crippen LogP contribution in [0.1, 0.15) is 45.0 Å². The lowest BCUT2D eigenvalue weighted by atomic mass is 9.52. The molecule has 5 rings (SSSR count). The Balaban J connectivity index is 1.60. The van der Waals surface area contributed by atoms with Gasteiger partial charge in [-0.15, -0.1) is 0 Å². The van der Waals surface area contributed by atoms with Crippen LogP contribution in [0.3, 0.4) is 0 Å². The van der Waals surface area contributed by atoms with Crippen LogP contribution >= 0.6 is 0 Å². The second-order valence-electron chi connectivity index (χ2n) is 8.62. The Kier molecular flexibility index (Phi) is 2.97. The molecule has 1 N–H and O–H groups in total. The van der Waals surface area contributed by atoms with E-state index in [9.17, 15) is 14.7 Å². The molecule has 6 atom stereocenters. The molecule has 0 radical (unpaired) electrons. The average molecular weight is 358 g/mol. The Labute approximate surface area is 151 Å². The van der Waals surface area contributed by atoms with Crippen LogP contribution in [0.4, 0.5) is 0 Å². The predicted molar refractivity (Wildman–Crippen MR) is 88.6 cm³/mol. The van der Waals surface area contributed by atoms with Crippen molar-refractivity contribution in [2.45, 2.75) is 44.8 Å². The van der Waals surface area contributed by atoms with Crippen LogP contribution in [-0.2, 0) is 19.1 Å². The summed E-state index contributed by atoms with van der Waals surface area (Å²) in [4.78, 5) is 25.2. The fourth-order valence-electron chi connectivity index (χ4n) is 6.14. The SMILES string of the molecule is C[C@@]12C[C@@H](c3ccco3)OC(=O)C1=CC[C@]1(C)[C@H]2C[C@H]2COC(=O)[C@@]21O.